The maximum Gasteiger partial charge on any atom is 0.258 e. The summed E-state index contributed by atoms with van der Waals surface area (Å²) in [5, 5.41) is 7.13. The van der Waals surface area contributed by atoms with E-state index in [4.69, 9.17) is 0 Å². The van der Waals surface area contributed by atoms with Gasteiger partial charge in [0.25, 0.3) is 5.91 Å². The molecule has 3 rings (SSSR count). The highest BCUT2D eigenvalue weighted by molar-refractivity contribution is 6.04. The molecular formula is C17H15N3O. The first-order chi connectivity index (χ1) is 10.2. The Labute approximate surface area is 123 Å². The third-order valence-electron chi connectivity index (χ3n) is 3.26. The molecule has 1 N–H and O–H groups in total. The smallest absolute Gasteiger partial charge is 0.258 e. The number of carbonyl (C=O) groups is 1. The van der Waals surface area contributed by atoms with Gasteiger partial charge in [-0.25, -0.2) is 4.68 Å². The Bertz CT molecular complexity index is 762. The predicted molar refractivity (Wildman–Crippen MR) is 82.7 cm³/mol. The SMILES string of the molecule is Cc1ccccc1NC(=O)c1cnn(-c2ccccc2)c1. The van der Waals surface area contributed by atoms with Crippen molar-refractivity contribution in [2.75, 3.05) is 5.32 Å². The van der Waals surface area contributed by atoms with Crippen LogP contribution in [0.25, 0.3) is 5.69 Å². The summed E-state index contributed by atoms with van der Waals surface area (Å²) in [5.74, 6) is -0.161. The average Bonchev–Trinajstić information content (AvgIpc) is 3.00. The van der Waals surface area contributed by atoms with Gasteiger partial charge < -0.3 is 5.32 Å². The lowest BCUT2D eigenvalue weighted by atomic mass is 10.2. The van der Waals surface area contributed by atoms with E-state index in [0.29, 0.717) is 5.56 Å². The molecule has 0 bridgehead atoms. The van der Waals surface area contributed by atoms with Gasteiger partial charge in [0, 0.05) is 11.9 Å². The van der Waals surface area contributed by atoms with Gasteiger partial charge in [-0.2, -0.15) is 5.10 Å². The van der Waals surface area contributed by atoms with E-state index in [1.165, 1.54) is 0 Å². The molecule has 1 aromatic heterocycles. The number of amides is 1. The second-order valence-electron chi connectivity index (χ2n) is 4.78. The number of hydrogen-bond acceptors (Lipinski definition) is 2. The van der Waals surface area contributed by atoms with Crippen LogP contribution in [-0.4, -0.2) is 15.7 Å². The first kappa shape index (κ1) is 13.1. The Hall–Kier alpha value is -2.88. The van der Waals surface area contributed by atoms with E-state index < -0.39 is 0 Å². The fourth-order valence-corrected chi connectivity index (χ4v) is 2.07. The summed E-state index contributed by atoms with van der Waals surface area (Å²) in [6, 6.07) is 17.4. The largest absolute Gasteiger partial charge is 0.322 e. The fourth-order valence-electron chi connectivity index (χ4n) is 2.07. The molecule has 0 aliphatic carbocycles. The maximum absolute atomic E-state index is 12.2. The highest BCUT2D eigenvalue weighted by Gasteiger charge is 2.10. The van der Waals surface area contributed by atoms with Crippen molar-refractivity contribution in [3.8, 4) is 5.69 Å². The van der Waals surface area contributed by atoms with Gasteiger partial charge in [-0.15, -0.1) is 0 Å². The van der Waals surface area contributed by atoms with Crippen LogP contribution in [0.15, 0.2) is 67.0 Å². The van der Waals surface area contributed by atoms with Gasteiger partial charge in [0.2, 0.25) is 0 Å². The Morgan fingerprint density at radius 3 is 2.52 bits per heavy atom. The van der Waals surface area contributed by atoms with Crippen molar-refractivity contribution in [3.63, 3.8) is 0 Å². The molecule has 0 unspecified atom stereocenters. The van der Waals surface area contributed by atoms with E-state index in [-0.39, 0.29) is 5.91 Å². The number of anilines is 1. The molecule has 4 nitrogen and oxygen atoms in total. The highest BCUT2D eigenvalue weighted by Crippen LogP contribution is 2.15. The molecule has 3 aromatic rings. The normalized spacial score (nSPS) is 10.3. The molecule has 0 aliphatic heterocycles. The lowest BCUT2D eigenvalue weighted by Gasteiger charge is -2.06. The van der Waals surface area contributed by atoms with E-state index in [9.17, 15) is 4.79 Å². The number of nitrogens with zero attached hydrogens (tertiary/aromatic N) is 2. The van der Waals surface area contributed by atoms with Crippen molar-refractivity contribution in [3.05, 3.63) is 78.1 Å². The highest BCUT2D eigenvalue weighted by atomic mass is 16.1. The molecule has 0 fully saturated rings. The van der Waals surface area contributed by atoms with Crippen LogP contribution in [0, 0.1) is 6.92 Å². The van der Waals surface area contributed by atoms with Crippen LogP contribution >= 0.6 is 0 Å². The van der Waals surface area contributed by atoms with Crippen molar-refractivity contribution in [1.82, 2.24) is 9.78 Å². The van der Waals surface area contributed by atoms with Gasteiger partial charge in [-0.05, 0) is 30.7 Å². The Morgan fingerprint density at radius 1 is 1.05 bits per heavy atom. The third kappa shape index (κ3) is 2.84. The van der Waals surface area contributed by atoms with Crippen LogP contribution in [0.5, 0.6) is 0 Å². The number of hydrogen-bond donors (Lipinski definition) is 1. The van der Waals surface area contributed by atoms with Crippen LogP contribution < -0.4 is 5.32 Å². The fraction of sp³-hybridized carbons (Fsp3) is 0.0588. The second-order valence-corrected chi connectivity index (χ2v) is 4.78. The van der Waals surface area contributed by atoms with Crippen molar-refractivity contribution in [2.45, 2.75) is 6.92 Å². The molecule has 4 heteroatoms. The zero-order valence-corrected chi connectivity index (χ0v) is 11.7. The number of para-hydroxylation sites is 2. The van der Waals surface area contributed by atoms with Crippen molar-refractivity contribution >= 4 is 11.6 Å². The Kier molecular flexibility index (Phi) is 3.51. The van der Waals surface area contributed by atoms with Gasteiger partial charge >= 0.3 is 0 Å². The lowest BCUT2D eigenvalue weighted by Crippen LogP contribution is -2.11. The molecule has 0 radical (unpaired) electrons. The summed E-state index contributed by atoms with van der Waals surface area (Å²) in [6.45, 7) is 1.96. The molecule has 21 heavy (non-hydrogen) atoms. The first-order valence-corrected chi connectivity index (χ1v) is 6.71. The maximum atomic E-state index is 12.2. The molecule has 0 spiro atoms. The minimum Gasteiger partial charge on any atom is -0.322 e. The molecule has 1 heterocycles. The topological polar surface area (TPSA) is 46.9 Å². The van der Waals surface area contributed by atoms with Gasteiger partial charge in [0.1, 0.15) is 0 Å². The molecule has 0 saturated carbocycles. The summed E-state index contributed by atoms with van der Waals surface area (Å²) in [4.78, 5) is 12.2. The van der Waals surface area contributed by atoms with E-state index >= 15 is 0 Å². The van der Waals surface area contributed by atoms with E-state index in [0.717, 1.165) is 16.9 Å². The monoisotopic (exact) mass is 277 g/mol. The predicted octanol–water partition coefficient (Wildman–Crippen LogP) is 3.43. The van der Waals surface area contributed by atoms with E-state index in [2.05, 4.69) is 10.4 Å². The van der Waals surface area contributed by atoms with Gasteiger partial charge in [0.05, 0.1) is 17.4 Å². The van der Waals surface area contributed by atoms with E-state index in [1.54, 1.807) is 17.1 Å². The van der Waals surface area contributed by atoms with Crippen LogP contribution in [0.3, 0.4) is 0 Å². The number of carbonyl (C=O) groups excluding carboxylic acids is 1. The zero-order valence-electron chi connectivity index (χ0n) is 11.7. The van der Waals surface area contributed by atoms with Crippen LogP contribution in [-0.2, 0) is 0 Å². The van der Waals surface area contributed by atoms with Crippen molar-refractivity contribution < 1.29 is 4.79 Å². The van der Waals surface area contributed by atoms with Gasteiger partial charge in [-0.1, -0.05) is 36.4 Å². The number of aromatic nitrogens is 2. The quantitative estimate of drug-likeness (QED) is 0.797. The van der Waals surface area contributed by atoms with Gasteiger partial charge in [-0.3, -0.25) is 4.79 Å². The lowest BCUT2D eigenvalue weighted by molar-refractivity contribution is 0.102. The third-order valence-corrected chi connectivity index (χ3v) is 3.26. The second kappa shape index (κ2) is 5.63. The minimum atomic E-state index is -0.161. The molecule has 104 valence electrons. The molecule has 0 aliphatic rings. The number of rotatable bonds is 3. The minimum absolute atomic E-state index is 0.161. The van der Waals surface area contributed by atoms with Crippen molar-refractivity contribution in [2.24, 2.45) is 0 Å². The summed E-state index contributed by atoms with van der Waals surface area (Å²) >= 11 is 0. The molecule has 1 amide bonds. The molecule has 2 aromatic carbocycles. The number of aryl methyl sites for hydroxylation is 1. The summed E-state index contributed by atoms with van der Waals surface area (Å²) in [7, 11) is 0. The van der Waals surface area contributed by atoms with Crippen molar-refractivity contribution in [1.29, 1.82) is 0 Å². The van der Waals surface area contributed by atoms with Crippen LogP contribution in [0.1, 0.15) is 15.9 Å². The standard InChI is InChI=1S/C17H15N3O/c1-13-7-5-6-10-16(13)19-17(21)14-11-18-20(12-14)15-8-3-2-4-9-15/h2-12H,1H3,(H,19,21). The number of nitrogens with one attached hydrogen (secondary N) is 1. The number of benzene rings is 2. The average molecular weight is 277 g/mol. The Morgan fingerprint density at radius 2 is 1.76 bits per heavy atom. The van der Waals surface area contributed by atoms with Crippen LogP contribution in [0.4, 0.5) is 5.69 Å². The van der Waals surface area contributed by atoms with Gasteiger partial charge in [0.15, 0.2) is 0 Å². The van der Waals surface area contributed by atoms with E-state index in [1.807, 2.05) is 61.5 Å². The summed E-state index contributed by atoms with van der Waals surface area (Å²) in [6.07, 6.45) is 3.30. The molecule has 0 saturated heterocycles. The zero-order chi connectivity index (χ0) is 14.7. The summed E-state index contributed by atoms with van der Waals surface area (Å²) in [5.41, 5.74) is 3.30. The molecule has 0 atom stereocenters. The Balaban J connectivity index is 1.80. The van der Waals surface area contributed by atoms with Crippen LogP contribution in [0.2, 0.25) is 0 Å². The summed E-state index contributed by atoms with van der Waals surface area (Å²) < 4.78 is 1.69. The first-order valence-electron chi connectivity index (χ1n) is 6.71. The molecular weight excluding hydrogens is 262 g/mol.